The molecule has 3 rings (SSSR count). The average molecular weight is 302 g/mol. The normalized spacial score (nSPS) is 26.6. The monoisotopic (exact) mass is 302 g/mol. The Kier molecular flexibility index (Phi) is 3.38. The van der Waals surface area contributed by atoms with E-state index in [1.807, 2.05) is 39.0 Å². The van der Waals surface area contributed by atoms with Crippen LogP contribution in [0.2, 0.25) is 0 Å². The van der Waals surface area contributed by atoms with Crippen LogP contribution in [0.5, 0.6) is 0 Å². The highest BCUT2D eigenvalue weighted by atomic mass is 16.6. The van der Waals surface area contributed by atoms with Crippen LogP contribution in [0.1, 0.15) is 38.7 Å². The van der Waals surface area contributed by atoms with Crippen LogP contribution in [-0.4, -0.2) is 30.7 Å². The summed E-state index contributed by atoms with van der Waals surface area (Å²) in [5, 5.41) is 2.77. The third-order valence-electron chi connectivity index (χ3n) is 4.23. The number of nitrogens with zero attached hydrogens (tertiary/aromatic N) is 1. The van der Waals surface area contributed by atoms with Crippen molar-refractivity contribution in [3.63, 3.8) is 0 Å². The Labute approximate surface area is 130 Å². The number of ether oxygens (including phenoxy) is 1. The van der Waals surface area contributed by atoms with Gasteiger partial charge >= 0.3 is 6.09 Å². The second kappa shape index (κ2) is 5.00. The van der Waals surface area contributed by atoms with Gasteiger partial charge < -0.3 is 15.0 Å². The fourth-order valence-corrected chi connectivity index (χ4v) is 3.16. The van der Waals surface area contributed by atoms with E-state index < -0.39 is 17.7 Å². The maximum atomic E-state index is 12.7. The number of carbonyl (C=O) groups is 2. The van der Waals surface area contributed by atoms with Crippen LogP contribution in [0.15, 0.2) is 24.3 Å². The number of amides is 2. The zero-order valence-corrected chi connectivity index (χ0v) is 13.4. The zero-order chi connectivity index (χ0) is 16.1. The SMILES string of the molecule is CN1C(=O)[C@H](NC(=O)OC(C)(C)C)C2CC2c2ccccc21. The Hall–Kier alpha value is -2.04. The molecule has 2 aliphatic rings. The Morgan fingerprint density at radius 1 is 1.32 bits per heavy atom. The molecule has 118 valence electrons. The number of rotatable bonds is 1. The maximum Gasteiger partial charge on any atom is 0.408 e. The standard InChI is InChI=1S/C17H22N2O3/c1-17(2,3)22-16(21)18-14-12-9-11(12)10-7-5-6-8-13(10)19(4)15(14)20/h5-8,11-12,14H,9H2,1-4H3,(H,18,21)/t11?,12?,14-/m1/s1. The molecule has 1 aromatic rings. The van der Waals surface area contributed by atoms with Crippen LogP contribution in [0.3, 0.4) is 0 Å². The van der Waals surface area contributed by atoms with Gasteiger partial charge in [0.1, 0.15) is 11.6 Å². The summed E-state index contributed by atoms with van der Waals surface area (Å²) in [6.07, 6.45) is 0.396. The minimum Gasteiger partial charge on any atom is -0.444 e. The van der Waals surface area contributed by atoms with Gasteiger partial charge in [0.2, 0.25) is 5.91 Å². The molecule has 0 aromatic heterocycles. The van der Waals surface area contributed by atoms with E-state index in [0.717, 1.165) is 12.1 Å². The van der Waals surface area contributed by atoms with Gasteiger partial charge in [-0.15, -0.1) is 0 Å². The van der Waals surface area contributed by atoms with Crippen LogP contribution in [0.4, 0.5) is 10.5 Å². The molecular formula is C17H22N2O3. The average Bonchev–Trinajstić information content (AvgIpc) is 3.21. The predicted molar refractivity (Wildman–Crippen MR) is 83.9 cm³/mol. The Morgan fingerprint density at radius 3 is 2.68 bits per heavy atom. The topological polar surface area (TPSA) is 58.6 Å². The summed E-state index contributed by atoms with van der Waals surface area (Å²) in [6, 6.07) is 7.44. The summed E-state index contributed by atoms with van der Waals surface area (Å²) in [5.74, 6) is 0.416. The van der Waals surface area contributed by atoms with Crippen LogP contribution in [0, 0.1) is 5.92 Å². The van der Waals surface area contributed by atoms with Gasteiger partial charge in [-0.25, -0.2) is 4.79 Å². The second-order valence-corrected chi connectivity index (χ2v) is 7.09. The highest BCUT2D eigenvalue weighted by Crippen LogP contribution is 2.54. The predicted octanol–water partition coefficient (Wildman–Crippen LogP) is 2.66. The molecule has 1 N–H and O–H groups in total. The molecule has 1 saturated carbocycles. The van der Waals surface area contributed by atoms with E-state index in [-0.39, 0.29) is 11.8 Å². The summed E-state index contributed by atoms with van der Waals surface area (Å²) in [4.78, 5) is 26.4. The zero-order valence-electron chi connectivity index (χ0n) is 13.4. The molecule has 22 heavy (non-hydrogen) atoms. The Bertz CT molecular complexity index is 621. The van der Waals surface area contributed by atoms with E-state index >= 15 is 0 Å². The highest BCUT2D eigenvalue weighted by Gasteiger charge is 2.52. The van der Waals surface area contributed by atoms with Crippen molar-refractivity contribution in [3.8, 4) is 0 Å². The molecule has 2 amide bonds. The minimum absolute atomic E-state index is 0.0803. The van der Waals surface area contributed by atoms with Crippen LogP contribution < -0.4 is 10.2 Å². The molecule has 0 saturated heterocycles. The van der Waals surface area contributed by atoms with Gasteiger partial charge in [-0.1, -0.05) is 18.2 Å². The number of para-hydroxylation sites is 1. The third-order valence-corrected chi connectivity index (χ3v) is 4.23. The number of anilines is 1. The molecule has 1 aliphatic carbocycles. The largest absolute Gasteiger partial charge is 0.444 e. The Balaban J connectivity index is 1.81. The molecule has 5 heteroatoms. The number of nitrogens with one attached hydrogen (secondary N) is 1. The van der Waals surface area contributed by atoms with Gasteiger partial charge in [-0.3, -0.25) is 4.79 Å². The summed E-state index contributed by atoms with van der Waals surface area (Å²) in [7, 11) is 1.76. The lowest BCUT2D eigenvalue weighted by Gasteiger charge is -2.25. The van der Waals surface area contributed by atoms with E-state index in [4.69, 9.17) is 4.74 Å². The first-order valence-electron chi connectivity index (χ1n) is 7.64. The van der Waals surface area contributed by atoms with E-state index in [9.17, 15) is 9.59 Å². The van der Waals surface area contributed by atoms with Gasteiger partial charge in [0.05, 0.1) is 0 Å². The molecular weight excluding hydrogens is 280 g/mol. The van der Waals surface area contributed by atoms with Gasteiger partial charge in [0.15, 0.2) is 0 Å². The fraction of sp³-hybridized carbons (Fsp3) is 0.529. The maximum absolute atomic E-state index is 12.7. The third kappa shape index (κ3) is 2.67. The molecule has 5 nitrogen and oxygen atoms in total. The van der Waals surface area contributed by atoms with Gasteiger partial charge in [0.25, 0.3) is 0 Å². The molecule has 2 unspecified atom stereocenters. The van der Waals surface area contributed by atoms with Crippen LogP contribution >= 0.6 is 0 Å². The number of hydrogen-bond donors (Lipinski definition) is 1. The highest BCUT2D eigenvalue weighted by molar-refractivity contribution is 6.00. The first-order valence-corrected chi connectivity index (χ1v) is 7.64. The number of hydrogen-bond acceptors (Lipinski definition) is 3. The first kappa shape index (κ1) is 14.9. The van der Waals surface area contributed by atoms with Crippen molar-refractivity contribution >= 4 is 17.7 Å². The lowest BCUT2D eigenvalue weighted by atomic mass is 10.1. The van der Waals surface area contributed by atoms with Crippen molar-refractivity contribution < 1.29 is 14.3 Å². The number of fused-ring (bicyclic) bond motifs is 3. The second-order valence-electron chi connectivity index (χ2n) is 7.09. The van der Waals surface area contributed by atoms with Crippen molar-refractivity contribution in [2.45, 2.75) is 44.8 Å². The Morgan fingerprint density at radius 2 is 2.00 bits per heavy atom. The summed E-state index contributed by atoms with van der Waals surface area (Å²) < 4.78 is 5.29. The van der Waals surface area contributed by atoms with Crippen molar-refractivity contribution in [3.05, 3.63) is 29.8 Å². The number of carbonyl (C=O) groups excluding carboxylic acids is 2. The quantitative estimate of drug-likeness (QED) is 0.867. The molecule has 0 spiro atoms. The van der Waals surface area contributed by atoms with Crippen molar-refractivity contribution in [1.82, 2.24) is 5.32 Å². The van der Waals surface area contributed by atoms with Crippen LogP contribution in [0.25, 0.3) is 0 Å². The summed E-state index contributed by atoms with van der Waals surface area (Å²) in [5.41, 5.74) is 1.56. The van der Waals surface area contributed by atoms with Gasteiger partial charge in [-0.05, 0) is 50.7 Å². The fourth-order valence-electron chi connectivity index (χ4n) is 3.16. The van der Waals surface area contributed by atoms with Gasteiger partial charge in [0, 0.05) is 12.7 Å². The smallest absolute Gasteiger partial charge is 0.408 e. The van der Waals surface area contributed by atoms with Crippen LogP contribution in [-0.2, 0) is 9.53 Å². The van der Waals surface area contributed by atoms with E-state index in [2.05, 4.69) is 11.4 Å². The van der Waals surface area contributed by atoms with E-state index in [1.54, 1.807) is 11.9 Å². The molecule has 1 heterocycles. The molecule has 1 aliphatic heterocycles. The molecule has 3 atom stereocenters. The summed E-state index contributed by atoms with van der Waals surface area (Å²) in [6.45, 7) is 5.43. The molecule has 1 fully saturated rings. The first-order chi connectivity index (χ1) is 10.3. The van der Waals surface area contributed by atoms with E-state index in [0.29, 0.717) is 5.92 Å². The number of likely N-dealkylation sites (N-methyl/N-ethyl adjacent to an activating group) is 1. The minimum atomic E-state index is -0.574. The van der Waals surface area contributed by atoms with Crippen molar-refractivity contribution in [1.29, 1.82) is 0 Å². The summed E-state index contributed by atoms with van der Waals surface area (Å²) >= 11 is 0. The molecule has 1 aromatic carbocycles. The number of benzene rings is 1. The van der Waals surface area contributed by atoms with Crippen molar-refractivity contribution in [2.24, 2.45) is 5.92 Å². The molecule has 0 bridgehead atoms. The lowest BCUT2D eigenvalue weighted by Crippen LogP contribution is -2.49. The lowest BCUT2D eigenvalue weighted by molar-refractivity contribution is -0.120. The van der Waals surface area contributed by atoms with Gasteiger partial charge in [-0.2, -0.15) is 0 Å². The number of alkyl carbamates (subject to hydrolysis) is 1. The van der Waals surface area contributed by atoms with E-state index in [1.165, 1.54) is 5.56 Å². The molecule has 0 radical (unpaired) electrons. The van der Waals surface area contributed by atoms with Crippen molar-refractivity contribution in [2.75, 3.05) is 11.9 Å².